The number of aryl methyl sites for hydroxylation is 1. The van der Waals surface area contributed by atoms with Crippen LogP contribution in [-0.2, 0) is 29.0 Å². The van der Waals surface area contributed by atoms with Crippen LogP contribution in [0.4, 0.5) is 14.5 Å². The molecular weight excluding hydrogens is 536 g/mol. The number of hydrogen-bond acceptors (Lipinski definition) is 4. The van der Waals surface area contributed by atoms with Crippen molar-refractivity contribution in [1.29, 1.82) is 0 Å². The fraction of sp³-hybridized carbons (Fsp3) is 0.412. The highest BCUT2D eigenvalue weighted by Gasteiger charge is 2.35. The summed E-state index contributed by atoms with van der Waals surface area (Å²) in [7, 11) is 0. The third-order valence-corrected chi connectivity index (χ3v) is 7.85. The van der Waals surface area contributed by atoms with E-state index in [2.05, 4.69) is 29.7 Å². The second-order valence-electron chi connectivity index (χ2n) is 11.2. The van der Waals surface area contributed by atoms with Gasteiger partial charge in [0.05, 0.1) is 12.1 Å². The second kappa shape index (κ2) is 15.0. The van der Waals surface area contributed by atoms with Gasteiger partial charge < -0.3 is 20.6 Å². The van der Waals surface area contributed by atoms with Crippen LogP contribution in [0.1, 0.15) is 56.2 Å². The standard InChI is InChI=1S/C34H41F2N3O3/c1-3-24-8-7-9-25(16-24)21-37-22-32(40)31(19-26-17-28(35)20-29(36)18-26)38-33(41)14-15-34(42)39(23(2)27-12-13-27)30-10-5-4-6-11-30/h4-11,16-18,20,23,27,31-32,37,40H,3,12-15,19,21-22H2,1-2H3,(H,38,41)/t23?,31-,32+/m1/s1. The first-order valence-corrected chi connectivity index (χ1v) is 14.8. The van der Waals surface area contributed by atoms with E-state index >= 15 is 0 Å². The van der Waals surface area contributed by atoms with Crippen molar-refractivity contribution in [1.82, 2.24) is 10.6 Å². The number of aliphatic hydroxyl groups is 1. The molecule has 0 spiro atoms. The summed E-state index contributed by atoms with van der Waals surface area (Å²) >= 11 is 0. The number of carbonyl (C=O) groups is 2. The Hall–Kier alpha value is -3.62. The Morgan fingerprint density at radius 3 is 2.29 bits per heavy atom. The molecule has 2 amide bonds. The predicted molar refractivity (Wildman–Crippen MR) is 161 cm³/mol. The maximum Gasteiger partial charge on any atom is 0.227 e. The van der Waals surface area contributed by atoms with Gasteiger partial charge in [0.25, 0.3) is 0 Å². The number of hydrogen-bond donors (Lipinski definition) is 3. The lowest BCUT2D eigenvalue weighted by Gasteiger charge is -2.30. The topological polar surface area (TPSA) is 81.7 Å². The lowest BCUT2D eigenvalue weighted by atomic mass is 10.00. The van der Waals surface area contributed by atoms with Gasteiger partial charge in [-0.15, -0.1) is 0 Å². The van der Waals surface area contributed by atoms with E-state index in [0.29, 0.717) is 18.0 Å². The molecule has 1 aliphatic rings. The van der Waals surface area contributed by atoms with Gasteiger partial charge in [-0.3, -0.25) is 9.59 Å². The quantitative estimate of drug-likeness (QED) is 0.229. The summed E-state index contributed by atoms with van der Waals surface area (Å²) in [6.45, 7) is 4.79. The molecule has 0 bridgehead atoms. The zero-order valence-corrected chi connectivity index (χ0v) is 24.4. The number of carbonyl (C=O) groups excluding carboxylic acids is 2. The molecule has 0 saturated heterocycles. The Morgan fingerprint density at radius 2 is 1.62 bits per heavy atom. The van der Waals surface area contributed by atoms with Crippen LogP contribution in [0, 0.1) is 17.6 Å². The van der Waals surface area contributed by atoms with Crippen LogP contribution in [0.2, 0.25) is 0 Å². The van der Waals surface area contributed by atoms with E-state index in [0.717, 1.165) is 36.6 Å². The van der Waals surface area contributed by atoms with Crippen LogP contribution in [0.15, 0.2) is 72.8 Å². The van der Waals surface area contributed by atoms with Crippen LogP contribution in [0.5, 0.6) is 0 Å². The Kier molecular flexibility index (Phi) is 11.2. The minimum atomic E-state index is -1.04. The van der Waals surface area contributed by atoms with E-state index in [1.165, 1.54) is 17.7 Å². The largest absolute Gasteiger partial charge is 0.390 e. The number of anilines is 1. The molecule has 1 saturated carbocycles. The zero-order chi connectivity index (χ0) is 30.1. The van der Waals surface area contributed by atoms with Crippen molar-refractivity contribution in [2.24, 2.45) is 5.92 Å². The number of halogens is 2. The molecule has 1 unspecified atom stereocenters. The SMILES string of the molecule is CCc1cccc(CNC[C@H](O)[C@@H](Cc2cc(F)cc(F)c2)NC(=O)CCC(=O)N(c2ccccc2)C(C)C2CC2)c1. The fourth-order valence-electron chi connectivity index (χ4n) is 5.34. The number of nitrogens with one attached hydrogen (secondary N) is 2. The van der Waals surface area contributed by atoms with Gasteiger partial charge in [0, 0.05) is 43.7 Å². The molecule has 3 atom stereocenters. The van der Waals surface area contributed by atoms with Gasteiger partial charge in [0.2, 0.25) is 11.8 Å². The van der Waals surface area contributed by atoms with Crippen molar-refractivity contribution in [3.05, 3.63) is 101 Å². The van der Waals surface area contributed by atoms with Gasteiger partial charge in [0.15, 0.2) is 0 Å². The normalized spacial score (nSPS) is 15.1. The van der Waals surface area contributed by atoms with E-state index in [9.17, 15) is 23.5 Å². The molecule has 3 aromatic rings. The zero-order valence-electron chi connectivity index (χ0n) is 24.4. The first kappa shape index (κ1) is 31.3. The molecule has 1 aliphatic carbocycles. The van der Waals surface area contributed by atoms with E-state index in [4.69, 9.17) is 0 Å². The van der Waals surface area contributed by atoms with E-state index in [1.807, 2.05) is 49.4 Å². The van der Waals surface area contributed by atoms with E-state index in [-0.39, 0.29) is 37.8 Å². The monoisotopic (exact) mass is 577 g/mol. The molecule has 4 rings (SSSR count). The van der Waals surface area contributed by atoms with Crippen LogP contribution in [0.25, 0.3) is 0 Å². The average Bonchev–Trinajstić information content (AvgIpc) is 3.82. The highest BCUT2D eigenvalue weighted by atomic mass is 19.1. The molecule has 224 valence electrons. The van der Waals surface area contributed by atoms with Crippen LogP contribution in [-0.4, -0.2) is 41.7 Å². The van der Waals surface area contributed by atoms with Crippen molar-refractivity contribution in [2.75, 3.05) is 11.4 Å². The molecule has 8 heteroatoms. The number of para-hydroxylation sites is 1. The van der Waals surface area contributed by atoms with Gasteiger partial charge in [-0.05, 0) is 79.5 Å². The third kappa shape index (κ3) is 9.19. The van der Waals surface area contributed by atoms with Crippen LogP contribution < -0.4 is 15.5 Å². The van der Waals surface area contributed by atoms with Crippen molar-refractivity contribution in [3.63, 3.8) is 0 Å². The van der Waals surface area contributed by atoms with Crippen molar-refractivity contribution < 1.29 is 23.5 Å². The van der Waals surface area contributed by atoms with Gasteiger partial charge in [-0.2, -0.15) is 0 Å². The molecule has 1 fully saturated rings. The molecule has 0 aromatic heterocycles. The summed E-state index contributed by atoms with van der Waals surface area (Å²) in [5.41, 5.74) is 3.40. The maximum absolute atomic E-state index is 13.9. The Bertz CT molecular complexity index is 1310. The summed E-state index contributed by atoms with van der Waals surface area (Å²) in [6.07, 6.45) is 1.99. The van der Waals surface area contributed by atoms with Gasteiger partial charge >= 0.3 is 0 Å². The predicted octanol–water partition coefficient (Wildman–Crippen LogP) is 5.32. The van der Waals surface area contributed by atoms with Gasteiger partial charge in [-0.1, -0.05) is 49.4 Å². The highest BCUT2D eigenvalue weighted by Crippen LogP contribution is 2.37. The molecule has 0 radical (unpaired) electrons. The summed E-state index contributed by atoms with van der Waals surface area (Å²) in [6, 6.07) is 20.0. The van der Waals surface area contributed by atoms with Crippen molar-refractivity contribution in [3.8, 4) is 0 Å². The fourth-order valence-corrected chi connectivity index (χ4v) is 5.34. The number of nitrogens with zero attached hydrogens (tertiary/aromatic N) is 1. The summed E-state index contributed by atoms with van der Waals surface area (Å²) < 4.78 is 27.8. The van der Waals surface area contributed by atoms with Crippen LogP contribution in [0.3, 0.4) is 0 Å². The molecule has 3 aromatic carbocycles. The highest BCUT2D eigenvalue weighted by molar-refractivity contribution is 5.96. The van der Waals surface area contributed by atoms with Crippen molar-refractivity contribution in [2.45, 2.75) is 77.1 Å². The minimum Gasteiger partial charge on any atom is -0.390 e. The molecule has 6 nitrogen and oxygen atoms in total. The van der Waals surface area contributed by atoms with Crippen LogP contribution >= 0.6 is 0 Å². The summed E-state index contributed by atoms with van der Waals surface area (Å²) in [4.78, 5) is 28.2. The number of rotatable bonds is 15. The Balaban J connectivity index is 1.39. The molecule has 0 heterocycles. The lowest BCUT2D eigenvalue weighted by molar-refractivity contribution is -0.126. The molecule has 0 aliphatic heterocycles. The first-order chi connectivity index (χ1) is 20.2. The number of amides is 2. The average molecular weight is 578 g/mol. The van der Waals surface area contributed by atoms with Gasteiger partial charge in [-0.25, -0.2) is 8.78 Å². The van der Waals surface area contributed by atoms with Gasteiger partial charge in [0.1, 0.15) is 11.6 Å². The number of aliphatic hydroxyl groups excluding tert-OH is 1. The summed E-state index contributed by atoms with van der Waals surface area (Å²) in [5, 5.41) is 17.1. The molecular formula is C34H41F2N3O3. The molecule has 42 heavy (non-hydrogen) atoms. The first-order valence-electron chi connectivity index (χ1n) is 14.8. The Morgan fingerprint density at radius 1 is 0.929 bits per heavy atom. The minimum absolute atomic E-state index is 0.00121. The Labute approximate surface area is 247 Å². The van der Waals surface area contributed by atoms with E-state index < -0.39 is 29.7 Å². The smallest absolute Gasteiger partial charge is 0.227 e. The third-order valence-electron chi connectivity index (χ3n) is 7.85. The number of benzene rings is 3. The second-order valence-corrected chi connectivity index (χ2v) is 11.2. The lowest BCUT2D eigenvalue weighted by Crippen LogP contribution is -2.49. The molecule has 3 N–H and O–H groups in total. The van der Waals surface area contributed by atoms with E-state index in [1.54, 1.807) is 4.90 Å². The van der Waals surface area contributed by atoms with Crippen molar-refractivity contribution >= 4 is 17.5 Å². The summed E-state index contributed by atoms with van der Waals surface area (Å²) in [5.74, 6) is -1.56. The maximum atomic E-state index is 13.9.